The minimum atomic E-state index is -0.420. The van der Waals surface area contributed by atoms with Gasteiger partial charge in [-0.15, -0.1) is 0 Å². The third-order valence-corrected chi connectivity index (χ3v) is 5.34. The summed E-state index contributed by atoms with van der Waals surface area (Å²) < 4.78 is 7.11. The lowest BCUT2D eigenvalue weighted by atomic mass is 9.99. The second-order valence-electron chi connectivity index (χ2n) is 6.26. The summed E-state index contributed by atoms with van der Waals surface area (Å²) in [7, 11) is 0. The number of allylic oxidation sites excluding steroid dienone is 1. The van der Waals surface area contributed by atoms with Gasteiger partial charge in [0.05, 0.1) is 5.57 Å². The van der Waals surface area contributed by atoms with Crippen LogP contribution in [0.5, 0.6) is 0 Å². The van der Waals surface area contributed by atoms with Crippen molar-refractivity contribution in [3.63, 3.8) is 0 Å². The van der Waals surface area contributed by atoms with Crippen molar-refractivity contribution in [2.24, 2.45) is 0 Å². The number of hydrogen-bond donors (Lipinski definition) is 2. The van der Waals surface area contributed by atoms with Gasteiger partial charge in [-0.25, -0.2) is 0 Å². The van der Waals surface area contributed by atoms with Crippen LogP contribution in [0, 0.1) is 0 Å². The topological polar surface area (TPSA) is 57.5 Å². The zero-order valence-corrected chi connectivity index (χ0v) is 17.9. The van der Waals surface area contributed by atoms with Crippen molar-refractivity contribution >= 4 is 39.2 Å². The van der Waals surface area contributed by atoms with Gasteiger partial charge in [0.15, 0.2) is 5.11 Å². The zero-order chi connectivity index (χ0) is 19.6. The van der Waals surface area contributed by atoms with Gasteiger partial charge in [-0.3, -0.25) is 4.79 Å². The van der Waals surface area contributed by atoms with E-state index in [1.807, 2.05) is 57.2 Å². The second-order valence-corrected chi connectivity index (χ2v) is 7.58. The highest BCUT2D eigenvalue weighted by Crippen LogP contribution is 2.32. The van der Waals surface area contributed by atoms with E-state index in [0.717, 1.165) is 21.5 Å². The lowest BCUT2D eigenvalue weighted by molar-refractivity contribution is -0.127. The maximum atomic E-state index is 13.1. The predicted octanol–water partition coefficient (Wildman–Crippen LogP) is 4.37. The number of rotatable bonds is 5. The molecular formula is C20H22BrN3O2S. The number of likely N-dealkylation sites (N-methyl/N-ethyl adjacent to an activating group) is 1. The first kappa shape index (κ1) is 19.6. The Hall–Kier alpha value is -2.12. The van der Waals surface area contributed by atoms with Crippen molar-refractivity contribution in [3.8, 4) is 11.3 Å². The maximum absolute atomic E-state index is 13.1. The molecule has 142 valence electrons. The van der Waals surface area contributed by atoms with Crippen LogP contribution >= 0.6 is 28.1 Å². The molecule has 1 atom stereocenters. The average molecular weight is 448 g/mol. The van der Waals surface area contributed by atoms with Gasteiger partial charge in [0, 0.05) is 28.8 Å². The second kappa shape index (κ2) is 8.27. The molecule has 1 aliphatic heterocycles. The molecule has 1 amide bonds. The molecule has 1 aromatic heterocycles. The Bertz CT molecular complexity index is 885. The van der Waals surface area contributed by atoms with Gasteiger partial charge < -0.3 is 20.0 Å². The molecule has 0 fully saturated rings. The van der Waals surface area contributed by atoms with Gasteiger partial charge in [-0.2, -0.15) is 0 Å². The molecule has 2 N–H and O–H groups in total. The molecule has 3 rings (SSSR count). The normalized spacial score (nSPS) is 16.7. The SMILES string of the molecule is CCN(CC)C(=O)C1=C(C)NC(=S)N[C@@H]1c1ccc(-c2ccc(Br)cc2)o1. The van der Waals surface area contributed by atoms with Crippen molar-refractivity contribution < 1.29 is 9.21 Å². The van der Waals surface area contributed by atoms with Crippen molar-refractivity contribution in [2.45, 2.75) is 26.8 Å². The van der Waals surface area contributed by atoms with Crippen LogP contribution in [0.4, 0.5) is 0 Å². The Balaban J connectivity index is 1.98. The Labute approximate surface area is 172 Å². The Morgan fingerprint density at radius 1 is 1.19 bits per heavy atom. The fourth-order valence-electron chi connectivity index (χ4n) is 3.15. The molecule has 1 aromatic carbocycles. The number of furan rings is 1. The lowest BCUT2D eigenvalue weighted by Gasteiger charge is -2.31. The number of hydrogen-bond acceptors (Lipinski definition) is 3. The molecule has 0 aliphatic carbocycles. The Morgan fingerprint density at radius 3 is 2.48 bits per heavy atom. The van der Waals surface area contributed by atoms with E-state index >= 15 is 0 Å². The summed E-state index contributed by atoms with van der Waals surface area (Å²) in [6.07, 6.45) is 0. The number of benzene rings is 1. The number of thiocarbonyl (C=S) groups is 1. The van der Waals surface area contributed by atoms with E-state index in [1.54, 1.807) is 4.90 Å². The molecule has 0 saturated heterocycles. The van der Waals surface area contributed by atoms with Crippen molar-refractivity contribution in [1.29, 1.82) is 0 Å². The largest absolute Gasteiger partial charge is 0.459 e. The standard InChI is InChI=1S/C20H22BrN3O2S/c1-4-24(5-2)19(25)17-12(3)22-20(27)23-18(17)16-11-10-15(26-16)13-6-8-14(21)9-7-13/h6-11,18H,4-5H2,1-3H3,(H2,22,23,27)/t18-/m1/s1. The summed E-state index contributed by atoms with van der Waals surface area (Å²) in [6.45, 7) is 7.10. The summed E-state index contributed by atoms with van der Waals surface area (Å²) in [4.78, 5) is 14.9. The van der Waals surface area contributed by atoms with Crippen LogP contribution in [0.1, 0.15) is 32.6 Å². The van der Waals surface area contributed by atoms with Gasteiger partial charge >= 0.3 is 0 Å². The molecule has 0 radical (unpaired) electrons. The molecule has 5 nitrogen and oxygen atoms in total. The molecule has 1 aliphatic rings. The van der Waals surface area contributed by atoms with Gasteiger partial charge in [0.25, 0.3) is 5.91 Å². The van der Waals surface area contributed by atoms with E-state index in [4.69, 9.17) is 16.6 Å². The molecule has 27 heavy (non-hydrogen) atoms. The van der Waals surface area contributed by atoms with Crippen molar-refractivity contribution in [1.82, 2.24) is 15.5 Å². The quantitative estimate of drug-likeness (QED) is 0.666. The Morgan fingerprint density at radius 2 is 1.85 bits per heavy atom. The lowest BCUT2D eigenvalue weighted by Crippen LogP contribution is -2.47. The van der Waals surface area contributed by atoms with Crippen LogP contribution in [0.15, 0.2) is 56.6 Å². The number of nitrogens with one attached hydrogen (secondary N) is 2. The summed E-state index contributed by atoms with van der Waals surface area (Å²) >= 11 is 8.75. The summed E-state index contributed by atoms with van der Waals surface area (Å²) in [6, 6.07) is 11.3. The predicted molar refractivity (Wildman–Crippen MR) is 114 cm³/mol. The third kappa shape index (κ3) is 4.09. The molecule has 2 heterocycles. The van der Waals surface area contributed by atoms with Gasteiger partial charge in [-0.05, 0) is 57.3 Å². The van der Waals surface area contributed by atoms with Gasteiger partial charge in [0.1, 0.15) is 17.6 Å². The number of amides is 1. The summed E-state index contributed by atoms with van der Waals surface area (Å²) in [5.74, 6) is 1.38. The number of nitrogens with zero attached hydrogens (tertiary/aromatic N) is 1. The van der Waals surface area contributed by atoms with Gasteiger partial charge in [-0.1, -0.05) is 28.1 Å². The highest BCUT2D eigenvalue weighted by Gasteiger charge is 2.33. The average Bonchev–Trinajstić information content (AvgIpc) is 3.12. The van der Waals surface area contributed by atoms with Gasteiger partial charge in [0.2, 0.25) is 0 Å². The third-order valence-electron chi connectivity index (χ3n) is 4.59. The molecule has 7 heteroatoms. The van der Waals surface area contributed by atoms with Crippen LogP contribution in [0.3, 0.4) is 0 Å². The first-order valence-corrected chi connectivity index (χ1v) is 10.1. The fraction of sp³-hybridized carbons (Fsp3) is 0.300. The van der Waals surface area contributed by atoms with Crippen molar-refractivity contribution in [3.05, 3.63) is 57.9 Å². The summed E-state index contributed by atoms with van der Waals surface area (Å²) in [5.41, 5.74) is 2.35. The highest BCUT2D eigenvalue weighted by molar-refractivity contribution is 9.10. The van der Waals surface area contributed by atoms with Crippen LogP contribution in [-0.2, 0) is 4.79 Å². The minimum Gasteiger partial charge on any atom is -0.459 e. The smallest absolute Gasteiger partial charge is 0.254 e. The molecule has 0 bridgehead atoms. The number of halogens is 1. The fourth-order valence-corrected chi connectivity index (χ4v) is 3.68. The van der Waals surface area contributed by atoms with E-state index in [2.05, 4.69) is 26.6 Å². The van der Waals surface area contributed by atoms with E-state index < -0.39 is 6.04 Å². The number of carbonyl (C=O) groups excluding carboxylic acids is 1. The van der Waals surface area contributed by atoms with E-state index in [0.29, 0.717) is 29.5 Å². The number of carbonyl (C=O) groups is 1. The first-order chi connectivity index (χ1) is 12.9. The summed E-state index contributed by atoms with van der Waals surface area (Å²) in [5, 5.41) is 6.73. The Kier molecular flexibility index (Phi) is 6.01. The first-order valence-electron chi connectivity index (χ1n) is 8.87. The van der Waals surface area contributed by atoms with E-state index in [1.165, 1.54) is 0 Å². The van der Waals surface area contributed by atoms with Crippen LogP contribution in [0.25, 0.3) is 11.3 Å². The van der Waals surface area contributed by atoms with Crippen LogP contribution < -0.4 is 10.6 Å². The molecule has 0 unspecified atom stereocenters. The maximum Gasteiger partial charge on any atom is 0.254 e. The van der Waals surface area contributed by atoms with E-state index in [-0.39, 0.29) is 5.91 Å². The van der Waals surface area contributed by atoms with Crippen LogP contribution in [-0.4, -0.2) is 29.0 Å². The molecular weight excluding hydrogens is 426 g/mol. The highest BCUT2D eigenvalue weighted by atomic mass is 79.9. The van der Waals surface area contributed by atoms with E-state index in [9.17, 15) is 4.79 Å². The minimum absolute atomic E-state index is 0.0217. The molecule has 0 spiro atoms. The van der Waals surface area contributed by atoms with Crippen molar-refractivity contribution in [2.75, 3.05) is 13.1 Å². The molecule has 2 aromatic rings. The zero-order valence-electron chi connectivity index (χ0n) is 15.5. The molecule has 0 saturated carbocycles. The van der Waals surface area contributed by atoms with Crippen LogP contribution in [0.2, 0.25) is 0 Å². The monoisotopic (exact) mass is 447 g/mol.